The van der Waals surface area contributed by atoms with Crippen molar-refractivity contribution in [2.45, 2.75) is 13.0 Å². The summed E-state index contributed by atoms with van der Waals surface area (Å²) in [6, 6.07) is 2.76. The third-order valence-electron chi connectivity index (χ3n) is 2.64. The number of hydrogen-bond donors (Lipinski definition) is 2. The van der Waals surface area contributed by atoms with E-state index in [2.05, 4.69) is 0 Å². The van der Waals surface area contributed by atoms with Gasteiger partial charge in [-0.15, -0.1) is 0 Å². The van der Waals surface area contributed by atoms with Crippen LogP contribution in [-0.4, -0.2) is 45.1 Å². The van der Waals surface area contributed by atoms with E-state index in [0.29, 0.717) is 24.5 Å². The summed E-state index contributed by atoms with van der Waals surface area (Å²) in [5.41, 5.74) is 6.70. The van der Waals surface area contributed by atoms with E-state index in [1.54, 1.807) is 18.9 Å². The first-order chi connectivity index (χ1) is 8.99. The standard InChI is InChI=1S/C13H21FN2O3/c1-4-19-13-6-12(11(15)5-10(13)14)16(2)7-9(17)8-18-3/h5-6,9,17H,4,7-8,15H2,1-3H3. The van der Waals surface area contributed by atoms with Crippen molar-refractivity contribution in [3.05, 3.63) is 17.9 Å². The number of likely N-dealkylation sites (N-methyl/N-ethyl adjacent to an activating group) is 1. The van der Waals surface area contributed by atoms with Crippen molar-refractivity contribution in [2.75, 3.05) is 44.5 Å². The fraction of sp³-hybridized carbons (Fsp3) is 0.538. The summed E-state index contributed by atoms with van der Waals surface area (Å²) >= 11 is 0. The van der Waals surface area contributed by atoms with E-state index in [9.17, 15) is 9.50 Å². The molecule has 5 nitrogen and oxygen atoms in total. The molecule has 0 aliphatic rings. The molecule has 0 aromatic heterocycles. The number of nitrogens with zero attached hydrogens (tertiary/aromatic N) is 1. The van der Waals surface area contributed by atoms with E-state index in [1.807, 2.05) is 0 Å². The van der Waals surface area contributed by atoms with Gasteiger partial charge in [-0.2, -0.15) is 0 Å². The van der Waals surface area contributed by atoms with Gasteiger partial charge in [-0.05, 0) is 6.92 Å². The predicted octanol–water partition coefficient (Wildman–Crippen LogP) is 1.25. The Bertz CT molecular complexity index is 415. The smallest absolute Gasteiger partial charge is 0.167 e. The number of ether oxygens (including phenoxy) is 2. The van der Waals surface area contributed by atoms with Crippen LogP contribution >= 0.6 is 0 Å². The Morgan fingerprint density at radius 3 is 2.74 bits per heavy atom. The predicted molar refractivity (Wildman–Crippen MR) is 73.1 cm³/mol. The number of aliphatic hydroxyl groups excluding tert-OH is 1. The molecule has 1 aromatic carbocycles. The van der Waals surface area contributed by atoms with Gasteiger partial charge in [-0.25, -0.2) is 4.39 Å². The zero-order valence-electron chi connectivity index (χ0n) is 11.5. The molecule has 1 aromatic rings. The maximum atomic E-state index is 13.6. The quantitative estimate of drug-likeness (QED) is 0.731. The molecule has 6 heteroatoms. The molecule has 1 atom stereocenters. The lowest BCUT2D eigenvalue weighted by atomic mass is 10.2. The second-order valence-corrected chi connectivity index (χ2v) is 4.26. The summed E-state index contributed by atoms with van der Waals surface area (Å²) in [6.45, 7) is 2.71. The van der Waals surface area contributed by atoms with Crippen LogP contribution in [0.4, 0.5) is 15.8 Å². The number of anilines is 2. The van der Waals surface area contributed by atoms with Crippen LogP contribution in [0.15, 0.2) is 12.1 Å². The Hall–Kier alpha value is -1.53. The molecule has 0 spiro atoms. The highest BCUT2D eigenvalue weighted by molar-refractivity contribution is 5.69. The zero-order chi connectivity index (χ0) is 14.4. The van der Waals surface area contributed by atoms with E-state index >= 15 is 0 Å². The van der Waals surface area contributed by atoms with Crippen molar-refractivity contribution in [2.24, 2.45) is 0 Å². The van der Waals surface area contributed by atoms with Crippen LogP contribution in [0.25, 0.3) is 0 Å². The van der Waals surface area contributed by atoms with Crippen molar-refractivity contribution in [1.82, 2.24) is 0 Å². The summed E-state index contributed by atoms with van der Waals surface area (Å²) in [7, 11) is 3.28. The number of halogens is 1. The summed E-state index contributed by atoms with van der Waals surface area (Å²) in [6.07, 6.45) is -0.644. The molecule has 0 amide bonds. The minimum Gasteiger partial charge on any atom is -0.491 e. The van der Waals surface area contributed by atoms with E-state index < -0.39 is 11.9 Å². The number of methoxy groups -OCH3 is 1. The van der Waals surface area contributed by atoms with Gasteiger partial charge in [-0.1, -0.05) is 0 Å². The van der Waals surface area contributed by atoms with Crippen LogP contribution in [0.2, 0.25) is 0 Å². The topological polar surface area (TPSA) is 68.0 Å². The number of hydrogen-bond acceptors (Lipinski definition) is 5. The van der Waals surface area contributed by atoms with Gasteiger partial charge in [0.25, 0.3) is 0 Å². The monoisotopic (exact) mass is 272 g/mol. The lowest BCUT2D eigenvalue weighted by molar-refractivity contribution is 0.0695. The highest BCUT2D eigenvalue weighted by Crippen LogP contribution is 2.30. The first-order valence-corrected chi connectivity index (χ1v) is 6.09. The van der Waals surface area contributed by atoms with Crippen molar-refractivity contribution >= 4 is 11.4 Å². The maximum Gasteiger partial charge on any atom is 0.167 e. The van der Waals surface area contributed by atoms with Crippen molar-refractivity contribution in [1.29, 1.82) is 0 Å². The van der Waals surface area contributed by atoms with Crippen molar-refractivity contribution < 1.29 is 19.0 Å². The Morgan fingerprint density at radius 1 is 1.47 bits per heavy atom. The fourth-order valence-electron chi connectivity index (χ4n) is 1.81. The summed E-state index contributed by atoms with van der Waals surface area (Å²) in [4.78, 5) is 1.74. The molecule has 108 valence electrons. The first kappa shape index (κ1) is 15.5. The highest BCUT2D eigenvalue weighted by Gasteiger charge is 2.14. The normalized spacial score (nSPS) is 12.3. The molecule has 0 heterocycles. The number of aliphatic hydroxyl groups is 1. The van der Waals surface area contributed by atoms with E-state index in [1.165, 1.54) is 19.2 Å². The molecule has 0 aliphatic heterocycles. The molecule has 0 bridgehead atoms. The minimum absolute atomic E-state index is 0.153. The molecule has 0 fully saturated rings. The molecule has 19 heavy (non-hydrogen) atoms. The molecule has 0 radical (unpaired) electrons. The van der Waals surface area contributed by atoms with E-state index in [4.69, 9.17) is 15.2 Å². The number of rotatable bonds is 7. The van der Waals surface area contributed by atoms with Crippen LogP contribution in [0.1, 0.15) is 6.92 Å². The lowest BCUT2D eigenvalue weighted by Crippen LogP contribution is -2.32. The number of nitrogens with two attached hydrogens (primary N) is 1. The molecular formula is C13H21FN2O3. The van der Waals surface area contributed by atoms with Crippen LogP contribution in [0, 0.1) is 5.82 Å². The van der Waals surface area contributed by atoms with E-state index in [0.717, 1.165) is 0 Å². The van der Waals surface area contributed by atoms with Gasteiger partial charge in [0.1, 0.15) is 0 Å². The maximum absolute atomic E-state index is 13.6. The largest absolute Gasteiger partial charge is 0.491 e. The van der Waals surface area contributed by atoms with Gasteiger partial charge < -0.3 is 25.2 Å². The Kier molecular flexibility index (Phi) is 5.85. The van der Waals surface area contributed by atoms with E-state index in [-0.39, 0.29) is 12.4 Å². The Labute approximate surface area is 112 Å². The second kappa shape index (κ2) is 7.16. The number of nitrogen functional groups attached to an aromatic ring is 1. The Balaban J connectivity index is 2.89. The van der Waals surface area contributed by atoms with Crippen LogP contribution in [-0.2, 0) is 4.74 Å². The number of benzene rings is 1. The SMILES string of the molecule is CCOc1cc(N(C)CC(O)COC)c(N)cc1F. The van der Waals surface area contributed by atoms with Crippen molar-refractivity contribution in [3.8, 4) is 5.75 Å². The molecule has 1 rings (SSSR count). The summed E-state index contributed by atoms with van der Waals surface area (Å²) < 4.78 is 23.6. The van der Waals surface area contributed by atoms with Crippen molar-refractivity contribution in [3.63, 3.8) is 0 Å². The molecule has 0 aliphatic carbocycles. The average Bonchev–Trinajstić information content (AvgIpc) is 2.32. The van der Waals surface area contributed by atoms with Gasteiger partial charge in [-0.3, -0.25) is 0 Å². The first-order valence-electron chi connectivity index (χ1n) is 6.09. The van der Waals surface area contributed by atoms with Gasteiger partial charge in [0.2, 0.25) is 0 Å². The zero-order valence-corrected chi connectivity index (χ0v) is 11.5. The molecular weight excluding hydrogens is 251 g/mol. The molecule has 0 saturated carbocycles. The fourth-order valence-corrected chi connectivity index (χ4v) is 1.81. The summed E-state index contributed by atoms with van der Waals surface area (Å²) in [5, 5.41) is 9.69. The van der Waals surface area contributed by atoms with Gasteiger partial charge in [0.15, 0.2) is 11.6 Å². The highest BCUT2D eigenvalue weighted by atomic mass is 19.1. The average molecular weight is 272 g/mol. The minimum atomic E-state index is -0.644. The molecule has 1 unspecified atom stereocenters. The summed E-state index contributed by atoms with van der Waals surface area (Å²) in [5.74, 6) is -0.339. The van der Waals surface area contributed by atoms with Crippen LogP contribution < -0.4 is 15.4 Å². The Morgan fingerprint density at radius 2 is 2.16 bits per heavy atom. The second-order valence-electron chi connectivity index (χ2n) is 4.26. The molecule has 0 saturated heterocycles. The van der Waals surface area contributed by atoms with Crippen LogP contribution in [0.3, 0.4) is 0 Å². The van der Waals surface area contributed by atoms with Gasteiger partial charge in [0.05, 0.1) is 30.7 Å². The third kappa shape index (κ3) is 4.25. The van der Waals surface area contributed by atoms with Gasteiger partial charge in [0, 0.05) is 32.8 Å². The van der Waals surface area contributed by atoms with Crippen LogP contribution in [0.5, 0.6) is 5.75 Å². The lowest BCUT2D eigenvalue weighted by Gasteiger charge is -2.24. The molecule has 3 N–H and O–H groups in total. The van der Waals surface area contributed by atoms with Gasteiger partial charge >= 0.3 is 0 Å². The third-order valence-corrected chi connectivity index (χ3v) is 2.64.